The van der Waals surface area contributed by atoms with Gasteiger partial charge in [0.1, 0.15) is 17.9 Å². The zero-order valence-electron chi connectivity index (χ0n) is 9.07. The molecule has 6 heteroatoms. The molecule has 1 aliphatic heterocycles. The maximum Gasteiger partial charge on any atom is 0.408 e. The molecular formula is C11H11F2NO3. The maximum absolute atomic E-state index is 12.2. The number of hydrogen-bond donors (Lipinski definition) is 1. The number of benzene rings is 1. The van der Waals surface area contributed by atoms with Gasteiger partial charge in [-0.1, -0.05) is 18.2 Å². The van der Waals surface area contributed by atoms with Crippen LogP contribution in [0.5, 0.6) is 5.75 Å². The lowest BCUT2D eigenvalue weighted by molar-refractivity contribution is -0.0511. The van der Waals surface area contributed by atoms with Crippen LogP contribution in [-0.2, 0) is 10.3 Å². The first-order chi connectivity index (χ1) is 8.01. The van der Waals surface area contributed by atoms with Crippen LogP contribution in [0.1, 0.15) is 12.5 Å². The number of carbonyl (C=O) groups excluding carboxylic acids is 1. The van der Waals surface area contributed by atoms with E-state index < -0.39 is 18.2 Å². The molecule has 1 fully saturated rings. The summed E-state index contributed by atoms with van der Waals surface area (Å²) in [6.07, 6.45) is -0.570. The summed E-state index contributed by atoms with van der Waals surface area (Å²) >= 11 is 0. The first kappa shape index (κ1) is 11.6. The third kappa shape index (κ3) is 2.30. The fourth-order valence-electron chi connectivity index (χ4n) is 1.77. The minimum Gasteiger partial charge on any atom is -0.447 e. The average Bonchev–Trinajstić information content (AvgIpc) is 2.59. The highest BCUT2D eigenvalue weighted by Gasteiger charge is 2.38. The number of cyclic esters (lactones) is 1. The Hall–Kier alpha value is -1.85. The van der Waals surface area contributed by atoms with Crippen LogP contribution >= 0.6 is 0 Å². The van der Waals surface area contributed by atoms with E-state index in [0.717, 1.165) is 0 Å². The molecule has 0 spiro atoms. The molecule has 0 radical (unpaired) electrons. The highest BCUT2D eigenvalue weighted by atomic mass is 19.3. The molecule has 17 heavy (non-hydrogen) atoms. The first-order valence-corrected chi connectivity index (χ1v) is 5.00. The molecule has 2 rings (SSSR count). The minimum atomic E-state index is -2.90. The van der Waals surface area contributed by atoms with Crippen LogP contribution in [0.4, 0.5) is 13.6 Å². The topological polar surface area (TPSA) is 47.6 Å². The molecule has 0 saturated carbocycles. The Morgan fingerprint density at radius 1 is 1.47 bits per heavy atom. The fraction of sp³-hybridized carbons (Fsp3) is 0.364. The number of rotatable bonds is 3. The number of carbonyl (C=O) groups is 1. The van der Waals surface area contributed by atoms with E-state index in [1.54, 1.807) is 25.1 Å². The van der Waals surface area contributed by atoms with Gasteiger partial charge in [-0.15, -0.1) is 0 Å². The number of alkyl carbamates (subject to hydrolysis) is 1. The molecule has 1 aromatic rings. The van der Waals surface area contributed by atoms with Crippen molar-refractivity contribution in [3.63, 3.8) is 0 Å². The fourth-order valence-corrected chi connectivity index (χ4v) is 1.77. The summed E-state index contributed by atoms with van der Waals surface area (Å²) in [5, 5.41) is 2.57. The highest BCUT2D eigenvalue weighted by Crippen LogP contribution is 2.33. The molecule has 1 aromatic carbocycles. The van der Waals surface area contributed by atoms with E-state index in [4.69, 9.17) is 4.74 Å². The van der Waals surface area contributed by atoms with Crippen molar-refractivity contribution < 1.29 is 23.0 Å². The largest absolute Gasteiger partial charge is 0.447 e. The number of ether oxygens (including phenoxy) is 2. The van der Waals surface area contributed by atoms with Gasteiger partial charge < -0.3 is 14.8 Å². The minimum absolute atomic E-state index is 0.0378. The molecule has 0 aliphatic carbocycles. The lowest BCUT2D eigenvalue weighted by Gasteiger charge is -2.24. The first-order valence-electron chi connectivity index (χ1n) is 5.00. The van der Waals surface area contributed by atoms with E-state index in [2.05, 4.69) is 10.1 Å². The molecule has 1 amide bonds. The molecular weight excluding hydrogens is 232 g/mol. The van der Waals surface area contributed by atoms with Crippen molar-refractivity contribution >= 4 is 6.09 Å². The molecule has 1 N–H and O–H groups in total. The highest BCUT2D eigenvalue weighted by molar-refractivity contribution is 5.71. The van der Waals surface area contributed by atoms with Crippen molar-refractivity contribution in [2.45, 2.75) is 19.1 Å². The monoisotopic (exact) mass is 243 g/mol. The third-order valence-corrected chi connectivity index (χ3v) is 2.57. The van der Waals surface area contributed by atoms with Crippen LogP contribution in [0.3, 0.4) is 0 Å². The van der Waals surface area contributed by atoms with Crippen LogP contribution < -0.4 is 10.1 Å². The molecule has 1 heterocycles. The number of alkyl halides is 2. The van der Waals surface area contributed by atoms with E-state index in [9.17, 15) is 13.6 Å². The normalized spacial score (nSPS) is 23.4. The number of amides is 1. The average molecular weight is 243 g/mol. The van der Waals surface area contributed by atoms with Gasteiger partial charge in [0.15, 0.2) is 0 Å². The van der Waals surface area contributed by atoms with Gasteiger partial charge in [-0.2, -0.15) is 8.78 Å². The molecule has 4 nitrogen and oxygen atoms in total. The molecule has 92 valence electrons. The number of nitrogens with one attached hydrogen (secondary N) is 1. The van der Waals surface area contributed by atoms with Crippen molar-refractivity contribution in [3.05, 3.63) is 29.8 Å². The second kappa shape index (κ2) is 4.20. The van der Waals surface area contributed by atoms with Gasteiger partial charge in [0.05, 0.1) is 0 Å². The van der Waals surface area contributed by atoms with Gasteiger partial charge in [-0.3, -0.25) is 0 Å². The summed E-state index contributed by atoms with van der Waals surface area (Å²) in [5.41, 5.74) is -0.381. The Bertz CT molecular complexity index is 438. The van der Waals surface area contributed by atoms with E-state index in [1.807, 2.05) is 0 Å². The molecule has 1 saturated heterocycles. The van der Waals surface area contributed by atoms with E-state index in [-0.39, 0.29) is 12.4 Å². The summed E-state index contributed by atoms with van der Waals surface area (Å²) in [6.45, 7) is -1.14. The zero-order valence-corrected chi connectivity index (χ0v) is 9.07. The van der Waals surface area contributed by atoms with Gasteiger partial charge in [-0.25, -0.2) is 4.79 Å². The van der Waals surface area contributed by atoms with E-state index in [0.29, 0.717) is 5.56 Å². The van der Waals surface area contributed by atoms with Crippen LogP contribution in [0.25, 0.3) is 0 Å². The molecule has 1 unspecified atom stereocenters. The Morgan fingerprint density at radius 2 is 2.18 bits per heavy atom. The van der Waals surface area contributed by atoms with Crippen LogP contribution in [0.2, 0.25) is 0 Å². The van der Waals surface area contributed by atoms with Crippen molar-refractivity contribution in [2.75, 3.05) is 6.61 Å². The smallest absolute Gasteiger partial charge is 0.408 e. The standard InChI is InChI=1S/C11H11F2NO3/c1-11(6-16-10(15)14-11)7-4-2-3-5-8(7)17-9(12)13/h2-5,9H,6H2,1H3,(H,14,15). The number of halogens is 2. The number of para-hydroxylation sites is 1. The van der Waals surface area contributed by atoms with Crippen LogP contribution in [0.15, 0.2) is 24.3 Å². The summed E-state index contributed by atoms with van der Waals surface area (Å²) in [6, 6.07) is 6.31. The van der Waals surface area contributed by atoms with Crippen LogP contribution in [-0.4, -0.2) is 19.3 Å². The van der Waals surface area contributed by atoms with Crippen molar-refractivity contribution in [1.82, 2.24) is 5.32 Å². The summed E-state index contributed by atoms with van der Waals surface area (Å²) < 4.78 is 33.7. The second-order valence-corrected chi connectivity index (χ2v) is 3.91. The van der Waals surface area contributed by atoms with Crippen molar-refractivity contribution in [2.24, 2.45) is 0 Å². The Balaban J connectivity index is 2.34. The molecule has 0 aromatic heterocycles. The predicted octanol–water partition coefficient (Wildman–Crippen LogP) is 2.24. The Morgan fingerprint density at radius 3 is 2.76 bits per heavy atom. The lowest BCUT2D eigenvalue weighted by atomic mass is 9.93. The third-order valence-electron chi connectivity index (χ3n) is 2.57. The SMILES string of the molecule is CC1(c2ccccc2OC(F)F)COC(=O)N1. The summed E-state index contributed by atoms with van der Waals surface area (Å²) in [5.74, 6) is 0.0378. The Kier molecular flexibility index (Phi) is 2.87. The molecule has 0 bridgehead atoms. The van der Waals surface area contributed by atoms with Gasteiger partial charge in [0.25, 0.3) is 0 Å². The second-order valence-electron chi connectivity index (χ2n) is 3.91. The van der Waals surface area contributed by atoms with Crippen LogP contribution in [0, 0.1) is 0 Å². The summed E-state index contributed by atoms with van der Waals surface area (Å²) in [7, 11) is 0. The van der Waals surface area contributed by atoms with Crippen molar-refractivity contribution in [3.8, 4) is 5.75 Å². The quantitative estimate of drug-likeness (QED) is 0.885. The van der Waals surface area contributed by atoms with Gasteiger partial charge in [-0.05, 0) is 13.0 Å². The molecule has 1 atom stereocenters. The molecule has 1 aliphatic rings. The van der Waals surface area contributed by atoms with E-state index in [1.165, 1.54) is 6.07 Å². The van der Waals surface area contributed by atoms with Gasteiger partial charge in [0.2, 0.25) is 0 Å². The number of hydrogen-bond acceptors (Lipinski definition) is 3. The Labute approximate surface area is 96.5 Å². The lowest BCUT2D eigenvalue weighted by Crippen LogP contribution is -2.37. The predicted molar refractivity (Wildman–Crippen MR) is 54.9 cm³/mol. The summed E-state index contributed by atoms with van der Waals surface area (Å²) in [4.78, 5) is 11.0. The van der Waals surface area contributed by atoms with Gasteiger partial charge in [0, 0.05) is 5.56 Å². The van der Waals surface area contributed by atoms with E-state index >= 15 is 0 Å². The van der Waals surface area contributed by atoms with Gasteiger partial charge >= 0.3 is 12.7 Å². The zero-order chi connectivity index (χ0) is 12.5. The van der Waals surface area contributed by atoms with Crippen molar-refractivity contribution in [1.29, 1.82) is 0 Å². The maximum atomic E-state index is 12.2.